The van der Waals surface area contributed by atoms with Gasteiger partial charge in [0.15, 0.2) is 5.69 Å². The number of nitriles is 1. The molecule has 0 bridgehead atoms. The second-order valence-corrected chi connectivity index (χ2v) is 5.87. The lowest BCUT2D eigenvalue weighted by Gasteiger charge is -2.12. The van der Waals surface area contributed by atoms with Crippen LogP contribution in [0.1, 0.15) is 40.7 Å². The summed E-state index contributed by atoms with van der Waals surface area (Å²) < 4.78 is 6.83. The fraction of sp³-hybridized carbons (Fsp3) is 0.278. The first-order chi connectivity index (χ1) is 11.6. The SMILES string of the molecule is CCOC(=O)c1nn(Cc2ccccc2Cl)c2c1CCC(C#N)=C2. The first kappa shape index (κ1) is 16.3. The minimum absolute atomic E-state index is 0.296. The van der Waals surface area contributed by atoms with E-state index in [2.05, 4.69) is 11.2 Å². The molecular weight excluding hydrogens is 326 g/mol. The number of aromatic nitrogens is 2. The molecule has 1 aromatic carbocycles. The van der Waals surface area contributed by atoms with Crippen LogP contribution in [0.15, 0.2) is 29.8 Å². The number of hydrogen-bond acceptors (Lipinski definition) is 4. The molecule has 0 N–H and O–H groups in total. The fourth-order valence-corrected chi connectivity index (χ4v) is 2.97. The number of allylic oxidation sites excluding steroid dienone is 1. The highest BCUT2D eigenvalue weighted by atomic mass is 35.5. The molecule has 0 spiro atoms. The summed E-state index contributed by atoms with van der Waals surface area (Å²) >= 11 is 6.23. The number of benzene rings is 1. The molecular formula is C18H16ClN3O2. The molecule has 6 heteroatoms. The van der Waals surface area contributed by atoms with Gasteiger partial charge in [-0.3, -0.25) is 4.68 Å². The summed E-state index contributed by atoms with van der Waals surface area (Å²) in [6, 6.07) is 9.68. The number of rotatable bonds is 4. The summed E-state index contributed by atoms with van der Waals surface area (Å²) in [5.74, 6) is -0.430. The Morgan fingerprint density at radius 3 is 2.92 bits per heavy atom. The maximum atomic E-state index is 12.2. The predicted octanol–water partition coefficient (Wildman–Crippen LogP) is 3.61. The highest BCUT2D eigenvalue weighted by Crippen LogP contribution is 2.28. The summed E-state index contributed by atoms with van der Waals surface area (Å²) in [5.41, 5.74) is 3.52. The highest BCUT2D eigenvalue weighted by molar-refractivity contribution is 6.31. The molecule has 1 aromatic heterocycles. The van der Waals surface area contributed by atoms with Gasteiger partial charge in [0.25, 0.3) is 0 Å². The maximum Gasteiger partial charge on any atom is 0.359 e. The van der Waals surface area contributed by atoms with Crippen LogP contribution in [0.3, 0.4) is 0 Å². The monoisotopic (exact) mass is 341 g/mol. The van der Waals surface area contributed by atoms with Gasteiger partial charge in [-0.2, -0.15) is 10.4 Å². The number of carbonyl (C=O) groups is 1. The molecule has 1 aliphatic rings. The number of carbonyl (C=O) groups excluding carboxylic acids is 1. The van der Waals surface area contributed by atoms with E-state index in [4.69, 9.17) is 16.3 Å². The molecule has 2 aromatic rings. The number of nitrogens with zero attached hydrogens (tertiary/aromatic N) is 3. The molecule has 0 amide bonds. The number of fused-ring (bicyclic) bond motifs is 1. The van der Waals surface area contributed by atoms with Crippen molar-refractivity contribution in [2.75, 3.05) is 6.61 Å². The Hall–Kier alpha value is -2.58. The van der Waals surface area contributed by atoms with Gasteiger partial charge >= 0.3 is 5.97 Å². The Labute approximate surface area is 145 Å². The Kier molecular flexibility index (Phi) is 4.68. The molecule has 3 rings (SSSR count). The first-order valence-electron chi connectivity index (χ1n) is 7.75. The van der Waals surface area contributed by atoms with Crippen LogP contribution in [0.5, 0.6) is 0 Å². The van der Waals surface area contributed by atoms with Crippen molar-refractivity contribution in [2.24, 2.45) is 0 Å². The summed E-state index contributed by atoms with van der Waals surface area (Å²) in [5, 5.41) is 14.3. The van der Waals surface area contributed by atoms with Crippen molar-refractivity contribution in [2.45, 2.75) is 26.3 Å². The van der Waals surface area contributed by atoms with Crippen molar-refractivity contribution >= 4 is 23.6 Å². The van der Waals surface area contributed by atoms with Crippen molar-refractivity contribution in [3.05, 3.63) is 57.4 Å². The van der Waals surface area contributed by atoms with Gasteiger partial charge < -0.3 is 4.74 Å². The largest absolute Gasteiger partial charge is 0.461 e. The Morgan fingerprint density at radius 2 is 2.21 bits per heavy atom. The molecule has 0 radical (unpaired) electrons. The molecule has 24 heavy (non-hydrogen) atoms. The molecule has 0 saturated carbocycles. The van der Waals surface area contributed by atoms with Crippen molar-refractivity contribution in [1.82, 2.24) is 9.78 Å². The molecule has 0 atom stereocenters. The Bertz CT molecular complexity index is 862. The Balaban J connectivity index is 2.06. The van der Waals surface area contributed by atoms with Crippen molar-refractivity contribution in [3.8, 4) is 6.07 Å². The highest BCUT2D eigenvalue weighted by Gasteiger charge is 2.26. The molecule has 5 nitrogen and oxygen atoms in total. The molecule has 0 aliphatic heterocycles. The number of halogens is 1. The Morgan fingerprint density at radius 1 is 1.42 bits per heavy atom. The van der Waals surface area contributed by atoms with Gasteiger partial charge in [0.2, 0.25) is 0 Å². The van der Waals surface area contributed by atoms with Gasteiger partial charge in [0.05, 0.1) is 24.9 Å². The summed E-state index contributed by atoms with van der Waals surface area (Å²) in [6.07, 6.45) is 3.00. The van der Waals surface area contributed by atoms with Gasteiger partial charge in [-0.25, -0.2) is 4.79 Å². The van der Waals surface area contributed by atoms with E-state index >= 15 is 0 Å². The fourth-order valence-electron chi connectivity index (χ4n) is 2.78. The van der Waals surface area contributed by atoms with Crippen LogP contribution in [-0.2, 0) is 17.7 Å². The lowest BCUT2D eigenvalue weighted by molar-refractivity contribution is 0.0517. The van der Waals surface area contributed by atoms with Gasteiger partial charge in [-0.15, -0.1) is 0 Å². The van der Waals surface area contributed by atoms with E-state index in [9.17, 15) is 10.1 Å². The van der Waals surface area contributed by atoms with Crippen LogP contribution in [0.4, 0.5) is 0 Å². The summed E-state index contributed by atoms with van der Waals surface area (Å²) in [4.78, 5) is 12.2. The minimum Gasteiger partial charge on any atom is -0.461 e. The predicted molar refractivity (Wildman–Crippen MR) is 90.6 cm³/mol. The lowest BCUT2D eigenvalue weighted by atomic mass is 9.96. The van der Waals surface area contributed by atoms with Crippen LogP contribution in [0.2, 0.25) is 5.02 Å². The third kappa shape index (κ3) is 3.06. The molecule has 122 valence electrons. The zero-order valence-electron chi connectivity index (χ0n) is 13.3. The van der Waals surface area contributed by atoms with E-state index in [1.54, 1.807) is 17.7 Å². The third-order valence-corrected chi connectivity index (χ3v) is 4.31. The van der Waals surface area contributed by atoms with Gasteiger partial charge in [0, 0.05) is 16.2 Å². The van der Waals surface area contributed by atoms with Crippen LogP contribution < -0.4 is 0 Å². The van der Waals surface area contributed by atoms with Crippen molar-refractivity contribution < 1.29 is 9.53 Å². The van der Waals surface area contributed by atoms with E-state index in [0.29, 0.717) is 42.3 Å². The standard InChI is InChI=1S/C18H16ClN3O2/c1-2-24-18(23)17-14-8-7-12(10-20)9-16(14)22(21-17)11-13-5-3-4-6-15(13)19/h3-6,9H,2,7-8,11H2,1H3. The molecule has 0 fully saturated rings. The van der Waals surface area contributed by atoms with Crippen molar-refractivity contribution in [1.29, 1.82) is 5.26 Å². The number of ether oxygens (including phenoxy) is 1. The number of esters is 1. The molecule has 1 heterocycles. The van der Waals surface area contributed by atoms with Crippen LogP contribution in [0.25, 0.3) is 6.08 Å². The van der Waals surface area contributed by atoms with E-state index in [1.807, 2.05) is 24.3 Å². The van der Waals surface area contributed by atoms with E-state index in [-0.39, 0.29) is 0 Å². The van der Waals surface area contributed by atoms with E-state index < -0.39 is 5.97 Å². The second kappa shape index (κ2) is 6.90. The molecule has 0 saturated heterocycles. The van der Waals surface area contributed by atoms with Gasteiger partial charge in [-0.05, 0) is 37.5 Å². The average molecular weight is 342 g/mol. The quantitative estimate of drug-likeness (QED) is 0.796. The second-order valence-electron chi connectivity index (χ2n) is 5.46. The zero-order valence-corrected chi connectivity index (χ0v) is 14.0. The molecule has 1 aliphatic carbocycles. The van der Waals surface area contributed by atoms with Crippen molar-refractivity contribution in [3.63, 3.8) is 0 Å². The van der Waals surface area contributed by atoms with Crippen LogP contribution >= 0.6 is 11.6 Å². The average Bonchev–Trinajstić information content (AvgIpc) is 2.95. The third-order valence-electron chi connectivity index (χ3n) is 3.94. The van der Waals surface area contributed by atoms with Gasteiger partial charge in [-0.1, -0.05) is 29.8 Å². The molecule has 0 unspecified atom stereocenters. The summed E-state index contributed by atoms with van der Waals surface area (Å²) in [6.45, 7) is 2.49. The van der Waals surface area contributed by atoms with Gasteiger partial charge in [0.1, 0.15) is 0 Å². The number of hydrogen-bond donors (Lipinski definition) is 0. The topological polar surface area (TPSA) is 67.9 Å². The normalized spacial score (nSPS) is 13.0. The van der Waals surface area contributed by atoms with Crippen LogP contribution in [0, 0.1) is 11.3 Å². The van der Waals surface area contributed by atoms with Crippen LogP contribution in [-0.4, -0.2) is 22.4 Å². The van der Waals surface area contributed by atoms with E-state index in [0.717, 1.165) is 16.8 Å². The maximum absolute atomic E-state index is 12.2. The lowest BCUT2D eigenvalue weighted by Crippen LogP contribution is -2.09. The first-order valence-corrected chi connectivity index (χ1v) is 8.12. The smallest absolute Gasteiger partial charge is 0.359 e. The van der Waals surface area contributed by atoms with E-state index in [1.165, 1.54) is 0 Å². The summed E-state index contributed by atoms with van der Waals surface area (Å²) in [7, 11) is 0. The zero-order chi connectivity index (χ0) is 17.1. The minimum atomic E-state index is -0.430.